The first kappa shape index (κ1) is 24.0. The second kappa shape index (κ2) is 9.63. The van der Waals surface area contributed by atoms with Crippen molar-refractivity contribution in [2.45, 2.75) is 44.8 Å². The second-order valence-corrected chi connectivity index (χ2v) is 8.67. The third kappa shape index (κ3) is 5.34. The lowest BCUT2D eigenvalue weighted by molar-refractivity contribution is -0.137. The summed E-state index contributed by atoms with van der Waals surface area (Å²) in [6.45, 7) is 2.44. The minimum absolute atomic E-state index is 0.0484. The molecule has 1 fully saturated rings. The molecule has 1 aliphatic rings. The highest BCUT2D eigenvalue weighted by atomic mass is 35.5. The SMILES string of the molecule is Cc1nnc([C@H]2C[C@H](O)CN2C(=O)NCc2ccc(C(F)(F)F)cc2)n1Cc1ccc(Cl)cc1. The van der Waals surface area contributed by atoms with Gasteiger partial charge < -0.3 is 19.9 Å². The molecule has 0 aliphatic carbocycles. The number of benzene rings is 2. The predicted molar refractivity (Wildman–Crippen MR) is 119 cm³/mol. The molecule has 1 aliphatic heterocycles. The van der Waals surface area contributed by atoms with Crippen LogP contribution in [-0.2, 0) is 19.3 Å². The average molecular weight is 494 g/mol. The summed E-state index contributed by atoms with van der Waals surface area (Å²) in [5.74, 6) is 1.21. The number of carbonyl (C=O) groups is 1. The minimum atomic E-state index is -4.42. The fourth-order valence-corrected chi connectivity index (χ4v) is 4.11. The maximum Gasteiger partial charge on any atom is 0.416 e. The summed E-state index contributed by atoms with van der Waals surface area (Å²) in [4.78, 5) is 14.4. The van der Waals surface area contributed by atoms with Crippen molar-refractivity contribution in [3.8, 4) is 0 Å². The third-order valence-corrected chi connectivity index (χ3v) is 6.03. The van der Waals surface area contributed by atoms with Crippen LogP contribution in [0.5, 0.6) is 0 Å². The molecule has 2 N–H and O–H groups in total. The first-order valence-electron chi connectivity index (χ1n) is 10.6. The number of β-amino-alcohol motifs (C(OH)–C–C–N with tert-alkyl or cyclic N) is 1. The Kier molecular flexibility index (Phi) is 6.81. The zero-order valence-electron chi connectivity index (χ0n) is 18.3. The molecule has 2 atom stereocenters. The van der Waals surface area contributed by atoms with Gasteiger partial charge in [-0.2, -0.15) is 13.2 Å². The van der Waals surface area contributed by atoms with Crippen molar-refractivity contribution >= 4 is 17.6 Å². The van der Waals surface area contributed by atoms with E-state index >= 15 is 0 Å². The Hall–Kier alpha value is -3.11. The molecule has 2 aromatic carbocycles. The number of aromatic nitrogens is 3. The third-order valence-electron chi connectivity index (χ3n) is 5.78. The van der Waals surface area contributed by atoms with Crippen molar-refractivity contribution in [2.24, 2.45) is 0 Å². The fourth-order valence-electron chi connectivity index (χ4n) is 3.99. The van der Waals surface area contributed by atoms with Gasteiger partial charge in [-0.1, -0.05) is 35.9 Å². The largest absolute Gasteiger partial charge is 0.416 e. The van der Waals surface area contributed by atoms with Crippen LogP contribution >= 0.6 is 11.6 Å². The number of hydrogen-bond acceptors (Lipinski definition) is 4. The number of aliphatic hydroxyl groups excluding tert-OH is 1. The van der Waals surface area contributed by atoms with E-state index in [9.17, 15) is 23.1 Å². The number of aliphatic hydroxyl groups is 1. The molecule has 1 aromatic heterocycles. The van der Waals surface area contributed by atoms with Gasteiger partial charge in [0.05, 0.1) is 24.3 Å². The lowest BCUT2D eigenvalue weighted by Crippen LogP contribution is -2.40. The van der Waals surface area contributed by atoms with Gasteiger partial charge in [0.2, 0.25) is 0 Å². The number of alkyl halides is 3. The normalized spacial score (nSPS) is 18.4. The molecule has 4 rings (SSSR count). The minimum Gasteiger partial charge on any atom is -0.391 e. The Morgan fingerprint density at radius 1 is 1.12 bits per heavy atom. The molecule has 0 radical (unpaired) electrons. The average Bonchev–Trinajstić information content (AvgIpc) is 3.35. The molecular weight excluding hydrogens is 471 g/mol. The van der Waals surface area contributed by atoms with E-state index in [1.165, 1.54) is 17.0 Å². The maximum atomic E-state index is 12.9. The highest BCUT2D eigenvalue weighted by Gasteiger charge is 2.38. The molecule has 2 amide bonds. The van der Waals surface area contributed by atoms with E-state index in [1.807, 2.05) is 23.6 Å². The van der Waals surface area contributed by atoms with Gasteiger partial charge in [0.15, 0.2) is 5.82 Å². The van der Waals surface area contributed by atoms with Crippen molar-refractivity contribution in [3.05, 3.63) is 81.9 Å². The van der Waals surface area contributed by atoms with Crippen LogP contribution < -0.4 is 5.32 Å². The molecule has 3 aromatic rings. The Balaban J connectivity index is 1.48. The van der Waals surface area contributed by atoms with Gasteiger partial charge in [0, 0.05) is 24.5 Å². The van der Waals surface area contributed by atoms with E-state index in [4.69, 9.17) is 11.6 Å². The first-order valence-corrected chi connectivity index (χ1v) is 11.0. The van der Waals surface area contributed by atoms with Crippen LogP contribution in [0, 0.1) is 6.92 Å². The lowest BCUT2D eigenvalue weighted by Gasteiger charge is -2.25. The predicted octanol–water partition coefficient (Wildman–Crippen LogP) is 4.32. The molecule has 0 bridgehead atoms. The maximum absolute atomic E-state index is 12.9. The van der Waals surface area contributed by atoms with Gasteiger partial charge in [-0.3, -0.25) is 0 Å². The molecule has 34 heavy (non-hydrogen) atoms. The Morgan fingerprint density at radius 3 is 2.41 bits per heavy atom. The molecule has 0 saturated carbocycles. The van der Waals surface area contributed by atoms with Crippen LogP contribution in [0.1, 0.15) is 40.8 Å². The highest BCUT2D eigenvalue weighted by Crippen LogP contribution is 2.32. The summed E-state index contributed by atoms with van der Waals surface area (Å²) in [5, 5.41) is 22.1. The second-order valence-electron chi connectivity index (χ2n) is 8.23. The number of amides is 2. The summed E-state index contributed by atoms with van der Waals surface area (Å²) in [5.41, 5.74) is 0.755. The van der Waals surface area contributed by atoms with E-state index < -0.39 is 29.9 Å². The van der Waals surface area contributed by atoms with Crippen LogP contribution in [0.2, 0.25) is 5.02 Å². The Labute approximate surface area is 199 Å². The number of halogens is 4. The highest BCUT2D eigenvalue weighted by molar-refractivity contribution is 6.30. The van der Waals surface area contributed by atoms with Crippen LogP contribution in [-0.4, -0.2) is 43.5 Å². The Morgan fingerprint density at radius 2 is 1.76 bits per heavy atom. The molecule has 2 heterocycles. The van der Waals surface area contributed by atoms with Crippen LogP contribution in [0.4, 0.5) is 18.0 Å². The summed E-state index contributed by atoms with van der Waals surface area (Å²) >= 11 is 5.97. The van der Waals surface area contributed by atoms with Gasteiger partial charge in [-0.25, -0.2) is 4.79 Å². The standard InChI is InChI=1S/C23H23ClF3N5O2/c1-14-29-30-21(31(14)12-16-4-8-18(24)9-5-16)20-10-19(33)13-32(20)22(34)28-11-15-2-6-17(7-3-15)23(25,26)27/h2-9,19-20,33H,10-13H2,1H3,(H,28,34)/t19-,20+/m0/s1. The van der Waals surface area contributed by atoms with Gasteiger partial charge in [0.1, 0.15) is 5.82 Å². The van der Waals surface area contributed by atoms with Crippen molar-refractivity contribution in [2.75, 3.05) is 6.54 Å². The quantitative estimate of drug-likeness (QED) is 0.554. The lowest BCUT2D eigenvalue weighted by atomic mass is 10.1. The number of urea groups is 1. The van der Waals surface area contributed by atoms with Gasteiger partial charge >= 0.3 is 12.2 Å². The molecule has 180 valence electrons. The molecule has 7 nitrogen and oxygen atoms in total. The van der Waals surface area contributed by atoms with Crippen LogP contribution in [0.25, 0.3) is 0 Å². The monoisotopic (exact) mass is 493 g/mol. The van der Waals surface area contributed by atoms with Crippen molar-refractivity contribution in [1.29, 1.82) is 0 Å². The van der Waals surface area contributed by atoms with Gasteiger partial charge in [-0.15, -0.1) is 10.2 Å². The topological polar surface area (TPSA) is 83.3 Å². The number of likely N-dealkylation sites (tertiary alicyclic amines) is 1. The van der Waals surface area contributed by atoms with Crippen LogP contribution in [0.15, 0.2) is 48.5 Å². The van der Waals surface area contributed by atoms with E-state index in [0.29, 0.717) is 35.2 Å². The van der Waals surface area contributed by atoms with Gasteiger partial charge in [0.25, 0.3) is 0 Å². The zero-order valence-corrected chi connectivity index (χ0v) is 19.0. The number of nitrogens with zero attached hydrogens (tertiary/aromatic N) is 4. The van der Waals surface area contributed by atoms with E-state index in [0.717, 1.165) is 17.7 Å². The van der Waals surface area contributed by atoms with Crippen molar-refractivity contribution in [3.63, 3.8) is 0 Å². The summed E-state index contributed by atoms with van der Waals surface area (Å²) in [6, 6.07) is 11.0. The fraction of sp³-hybridized carbons (Fsp3) is 0.348. The summed E-state index contributed by atoms with van der Waals surface area (Å²) in [7, 11) is 0. The van der Waals surface area contributed by atoms with Crippen LogP contribution in [0.3, 0.4) is 0 Å². The Bertz CT molecular complexity index is 1150. The molecule has 11 heteroatoms. The number of carbonyl (C=O) groups excluding carboxylic acids is 1. The van der Waals surface area contributed by atoms with E-state index in [1.54, 1.807) is 12.1 Å². The number of nitrogens with one attached hydrogen (secondary N) is 1. The summed E-state index contributed by atoms with van der Waals surface area (Å²) in [6.07, 6.45) is -4.85. The van der Waals surface area contributed by atoms with Crippen molar-refractivity contribution < 1.29 is 23.1 Å². The molecule has 1 saturated heterocycles. The smallest absolute Gasteiger partial charge is 0.391 e. The van der Waals surface area contributed by atoms with Crippen molar-refractivity contribution in [1.82, 2.24) is 25.0 Å². The molecular formula is C23H23ClF3N5O2. The first-order chi connectivity index (χ1) is 16.1. The zero-order chi connectivity index (χ0) is 24.5. The van der Waals surface area contributed by atoms with E-state index in [-0.39, 0.29) is 13.1 Å². The molecule has 0 unspecified atom stereocenters. The van der Waals surface area contributed by atoms with Gasteiger partial charge in [-0.05, 0) is 42.3 Å². The number of rotatable bonds is 5. The summed E-state index contributed by atoms with van der Waals surface area (Å²) < 4.78 is 40.1. The number of aryl methyl sites for hydroxylation is 1. The van der Waals surface area contributed by atoms with E-state index in [2.05, 4.69) is 15.5 Å². The number of hydrogen-bond donors (Lipinski definition) is 2. The molecule has 0 spiro atoms.